The second kappa shape index (κ2) is 5.83. The number of carbonyl (C=O) groups is 2. The average Bonchev–Trinajstić information content (AvgIpc) is 2.39. The fourth-order valence-corrected chi connectivity index (χ4v) is 2.83. The van der Waals surface area contributed by atoms with Crippen molar-refractivity contribution >= 4 is 33.6 Å². The van der Waals surface area contributed by atoms with Crippen LogP contribution in [-0.4, -0.2) is 34.1 Å². The molecule has 1 aliphatic rings. The molecule has 2 amide bonds. The number of rotatable bonds is 2. The maximum absolute atomic E-state index is 12.3. The number of aliphatic carboxylic acids is 1. The number of halogens is 1. The third-order valence-corrected chi connectivity index (χ3v) is 4.17. The van der Waals surface area contributed by atoms with Gasteiger partial charge in [-0.3, -0.25) is 0 Å². The summed E-state index contributed by atoms with van der Waals surface area (Å²) in [6, 6.07) is 6.85. The van der Waals surface area contributed by atoms with E-state index in [9.17, 15) is 14.7 Å². The van der Waals surface area contributed by atoms with Gasteiger partial charge in [0.1, 0.15) is 5.54 Å². The number of urea groups is 1. The van der Waals surface area contributed by atoms with Crippen LogP contribution in [-0.2, 0) is 4.79 Å². The van der Waals surface area contributed by atoms with Crippen molar-refractivity contribution in [2.75, 3.05) is 11.9 Å². The van der Waals surface area contributed by atoms with Gasteiger partial charge in [0, 0.05) is 16.7 Å². The molecule has 0 aromatic heterocycles. The van der Waals surface area contributed by atoms with Gasteiger partial charge in [-0.05, 0) is 44.4 Å². The van der Waals surface area contributed by atoms with E-state index in [4.69, 9.17) is 0 Å². The van der Waals surface area contributed by atoms with Gasteiger partial charge in [0.25, 0.3) is 0 Å². The molecule has 1 aliphatic heterocycles. The number of carboxylic acids is 1. The molecule has 1 saturated heterocycles. The van der Waals surface area contributed by atoms with Crippen LogP contribution in [0.25, 0.3) is 0 Å². The lowest BCUT2D eigenvalue weighted by molar-refractivity contribution is -0.150. The second-order valence-electron chi connectivity index (χ2n) is 5.13. The van der Waals surface area contributed by atoms with Crippen LogP contribution < -0.4 is 5.32 Å². The Bertz CT molecular complexity index is 535. The second-order valence-corrected chi connectivity index (χ2v) is 6.04. The Hall–Kier alpha value is -1.56. The van der Waals surface area contributed by atoms with E-state index in [-0.39, 0.29) is 6.03 Å². The predicted molar refractivity (Wildman–Crippen MR) is 79.8 cm³/mol. The summed E-state index contributed by atoms with van der Waals surface area (Å²) in [5.74, 6) is -0.957. The Morgan fingerprint density at radius 1 is 1.40 bits per heavy atom. The molecule has 1 aromatic carbocycles. The van der Waals surface area contributed by atoms with Crippen molar-refractivity contribution in [3.8, 4) is 0 Å². The summed E-state index contributed by atoms with van der Waals surface area (Å²) in [4.78, 5) is 25.2. The van der Waals surface area contributed by atoms with E-state index < -0.39 is 11.5 Å². The summed E-state index contributed by atoms with van der Waals surface area (Å²) in [5.41, 5.74) is -0.489. The van der Waals surface area contributed by atoms with E-state index in [2.05, 4.69) is 21.2 Å². The topological polar surface area (TPSA) is 69.6 Å². The summed E-state index contributed by atoms with van der Waals surface area (Å²) >= 11 is 3.33. The zero-order chi connectivity index (χ0) is 14.8. The number of benzene rings is 1. The number of hydrogen-bond donors (Lipinski definition) is 2. The molecule has 108 valence electrons. The summed E-state index contributed by atoms with van der Waals surface area (Å²) in [5, 5.41) is 12.2. The number of nitrogens with zero attached hydrogens (tertiary/aromatic N) is 1. The van der Waals surface area contributed by atoms with E-state index >= 15 is 0 Å². The van der Waals surface area contributed by atoms with E-state index in [1.54, 1.807) is 19.1 Å². The highest BCUT2D eigenvalue weighted by Crippen LogP contribution is 2.29. The first-order valence-electron chi connectivity index (χ1n) is 6.51. The van der Waals surface area contributed by atoms with E-state index in [1.165, 1.54) is 4.90 Å². The minimum Gasteiger partial charge on any atom is -0.480 e. The fraction of sp³-hybridized carbons (Fsp3) is 0.429. The van der Waals surface area contributed by atoms with Gasteiger partial charge in [-0.1, -0.05) is 22.0 Å². The zero-order valence-electron chi connectivity index (χ0n) is 11.2. The minimum absolute atomic E-state index is 0.368. The Morgan fingerprint density at radius 2 is 2.15 bits per heavy atom. The van der Waals surface area contributed by atoms with Gasteiger partial charge in [-0.15, -0.1) is 0 Å². The highest BCUT2D eigenvalue weighted by Gasteiger charge is 2.43. The van der Waals surface area contributed by atoms with Crippen LogP contribution in [0, 0.1) is 0 Å². The molecule has 20 heavy (non-hydrogen) atoms. The third-order valence-electron chi connectivity index (χ3n) is 3.67. The third kappa shape index (κ3) is 2.95. The molecule has 1 unspecified atom stereocenters. The Labute approximate surface area is 126 Å². The molecule has 1 heterocycles. The van der Waals surface area contributed by atoms with E-state index in [0.29, 0.717) is 18.7 Å². The standard InChI is InChI=1S/C14H17BrN2O3/c1-14(12(18)19)7-2-3-8-17(14)13(20)16-11-6-4-5-10(15)9-11/h4-6,9H,2-3,7-8H2,1H3,(H,16,20)(H,18,19). The first-order valence-corrected chi connectivity index (χ1v) is 7.30. The number of carboxylic acid groups (broad SMARTS) is 1. The average molecular weight is 341 g/mol. The van der Waals surface area contributed by atoms with Crippen LogP contribution in [0.4, 0.5) is 10.5 Å². The van der Waals surface area contributed by atoms with Gasteiger partial charge >= 0.3 is 12.0 Å². The van der Waals surface area contributed by atoms with Gasteiger partial charge in [0.15, 0.2) is 0 Å². The number of nitrogens with one attached hydrogen (secondary N) is 1. The molecule has 1 atom stereocenters. The van der Waals surface area contributed by atoms with Crippen molar-refractivity contribution in [3.05, 3.63) is 28.7 Å². The summed E-state index contributed by atoms with van der Waals surface area (Å²) in [7, 11) is 0. The van der Waals surface area contributed by atoms with Crippen molar-refractivity contribution in [3.63, 3.8) is 0 Å². The highest BCUT2D eigenvalue weighted by molar-refractivity contribution is 9.10. The van der Waals surface area contributed by atoms with Crippen LogP contribution in [0.3, 0.4) is 0 Å². The van der Waals surface area contributed by atoms with Crippen molar-refractivity contribution in [2.45, 2.75) is 31.7 Å². The Balaban J connectivity index is 2.16. The van der Waals surface area contributed by atoms with E-state index in [0.717, 1.165) is 17.3 Å². The number of anilines is 1. The molecular weight excluding hydrogens is 324 g/mol. The first kappa shape index (κ1) is 14.8. The first-order chi connectivity index (χ1) is 9.43. The quantitative estimate of drug-likeness (QED) is 0.867. The van der Waals surface area contributed by atoms with Gasteiger partial charge in [-0.2, -0.15) is 0 Å². The van der Waals surface area contributed by atoms with Gasteiger partial charge in [0.05, 0.1) is 0 Å². The molecule has 0 saturated carbocycles. The molecule has 6 heteroatoms. The number of amides is 2. The van der Waals surface area contributed by atoms with Crippen molar-refractivity contribution in [1.29, 1.82) is 0 Å². The van der Waals surface area contributed by atoms with Crippen molar-refractivity contribution in [2.24, 2.45) is 0 Å². The van der Waals surface area contributed by atoms with Crippen molar-refractivity contribution < 1.29 is 14.7 Å². The summed E-state index contributed by atoms with van der Waals surface area (Å²) < 4.78 is 0.856. The molecule has 2 N–H and O–H groups in total. The maximum atomic E-state index is 12.3. The van der Waals surface area contributed by atoms with Crippen LogP contribution in [0.5, 0.6) is 0 Å². The Kier molecular flexibility index (Phi) is 4.32. The lowest BCUT2D eigenvalue weighted by Crippen LogP contribution is -2.58. The number of likely N-dealkylation sites (tertiary alicyclic amines) is 1. The maximum Gasteiger partial charge on any atom is 0.329 e. The van der Waals surface area contributed by atoms with Gasteiger partial charge in [0.2, 0.25) is 0 Å². The van der Waals surface area contributed by atoms with Gasteiger partial charge in [-0.25, -0.2) is 9.59 Å². The lowest BCUT2D eigenvalue weighted by atomic mass is 9.89. The number of carbonyl (C=O) groups excluding carboxylic acids is 1. The van der Waals surface area contributed by atoms with Gasteiger partial charge < -0.3 is 15.3 Å². The number of piperidine rings is 1. The fourth-order valence-electron chi connectivity index (χ4n) is 2.43. The Morgan fingerprint density at radius 3 is 2.80 bits per heavy atom. The monoisotopic (exact) mass is 340 g/mol. The van der Waals surface area contributed by atoms with Crippen LogP contribution in [0.2, 0.25) is 0 Å². The van der Waals surface area contributed by atoms with Crippen LogP contribution in [0.15, 0.2) is 28.7 Å². The largest absolute Gasteiger partial charge is 0.480 e. The molecule has 2 rings (SSSR count). The van der Waals surface area contributed by atoms with Crippen LogP contribution >= 0.6 is 15.9 Å². The molecule has 0 bridgehead atoms. The summed E-state index contributed by atoms with van der Waals surface area (Å²) in [6.45, 7) is 2.07. The normalized spacial score (nSPS) is 22.4. The molecule has 1 aromatic rings. The lowest BCUT2D eigenvalue weighted by Gasteiger charge is -2.41. The molecule has 0 aliphatic carbocycles. The zero-order valence-corrected chi connectivity index (χ0v) is 12.8. The number of hydrogen-bond acceptors (Lipinski definition) is 2. The summed E-state index contributed by atoms with van der Waals surface area (Å²) in [6.07, 6.45) is 2.13. The molecule has 1 fully saturated rings. The SMILES string of the molecule is CC1(C(=O)O)CCCCN1C(=O)Nc1cccc(Br)c1. The molecule has 0 spiro atoms. The minimum atomic E-state index is -1.13. The smallest absolute Gasteiger partial charge is 0.329 e. The molecular formula is C14H17BrN2O3. The molecule has 5 nitrogen and oxygen atoms in total. The molecule has 0 radical (unpaired) electrons. The highest BCUT2D eigenvalue weighted by atomic mass is 79.9. The van der Waals surface area contributed by atoms with Crippen molar-refractivity contribution in [1.82, 2.24) is 4.90 Å². The van der Waals surface area contributed by atoms with Crippen LogP contribution in [0.1, 0.15) is 26.2 Å². The predicted octanol–water partition coefficient (Wildman–Crippen LogP) is 3.31. The van der Waals surface area contributed by atoms with E-state index in [1.807, 2.05) is 12.1 Å².